The van der Waals surface area contributed by atoms with Crippen molar-refractivity contribution in [3.8, 4) is 0 Å². The number of aliphatic hydroxyl groups excluding tert-OH is 1. The lowest BCUT2D eigenvalue weighted by Crippen LogP contribution is -2.49. The van der Waals surface area contributed by atoms with E-state index >= 15 is 0 Å². The van der Waals surface area contributed by atoms with Gasteiger partial charge < -0.3 is 14.9 Å². The largest absolute Gasteiger partial charge is 0.394 e. The van der Waals surface area contributed by atoms with Crippen molar-refractivity contribution in [2.75, 3.05) is 25.1 Å². The molecule has 0 spiro atoms. The molecule has 0 aromatic heterocycles. The van der Waals surface area contributed by atoms with Crippen LogP contribution in [-0.2, 0) is 4.79 Å². The number of aliphatic hydroxyl groups is 1. The Labute approximate surface area is 180 Å². The summed E-state index contributed by atoms with van der Waals surface area (Å²) < 4.78 is 0. The van der Waals surface area contributed by atoms with Crippen LogP contribution in [0.4, 0.5) is 5.69 Å². The number of hydrogen-bond acceptors (Lipinski definition) is 3. The van der Waals surface area contributed by atoms with Gasteiger partial charge in [0.15, 0.2) is 0 Å². The predicted octanol–water partition coefficient (Wildman–Crippen LogP) is 4.92. The first-order chi connectivity index (χ1) is 14.7. The number of nitrogens with zero attached hydrogens (tertiary/aromatic N) is 2. The molecule has 3 atom stereocenters. The van der Waals surface area contributed by atoms with Crippen LogP contribution in [-0.4, -0.2) is 42.2 Å². The maximum Gasteiger partial charge on any atom is 0.226 e. The molecule has 1 saturated heterocycles. The Bertz CT molecular complexity index is 826. The van der Waals surface area contributed by atoms with Gasteiger partial charge in [-0.15, -0.1) is 0 Å². The zero-order valence-electron chi connectivity index (χ0n) is 18.4. The van der Waals surface area contributed by atoms with Crippen LogP contribution in [0.2, 0.25) is 0 Å². The molecule has 162 valence electrons. The molecule has 4 aliphatic rings. The van der Waals surface area contributed by atoms with Crippen molar-refractivity contribution in [2.45, 2.75) is 76.3 Å². The van der Waals surface area contributed by atoms with Crippen molar-refractivity contribution in [3.63, 3.8) is 0 Å². The van der Waals surface area contributed by atoms with Crippen molar-refractivity contribution in [1.29, 1.82) is 0 Å². The monoisotopic (exact) mass is 408 g/mol. The average molecular weight is 409 g/mol. The summed E-state index contributed by atoms with van der Waals surface area (Å²) in [7, 11) is 2.11. The van der Waals surface area contributed by atoms with Crippen molar-refractivity contribution in [1.82, 2.24) is 4.90 Å². The average Bonchev–Trinajstić information content (AvgIpc) is 3.25. The van der Waals surface area contributed by atoms with E-state index in [2.05, 4.69) is 41.1 Å². The highest BCUT2D eigenvalue weighted by Gasteiger charge is 2.48. The zero-order valence-corrected chi connectivity index (χ0v) is 18.4. The molecule has 1 aromatic carbocycles. The molecule has 1 amide bonds. The number of carbonyl (C=O) groups excluding carboxylic acids is 1. The van der Waals surface area contributed by atoms with Gasteiger partial charge in [-0.1, -0.05) is 31.4 Å². The SMILES string of the molecule is CN1c2ccc(C3=CCCCC3)cc2[C@@H]2[C@@H](CCN2C(=O)C2CCCCC2)[C@@H]1CO. The number of fused-ring (bicyclic) bond motifs is 3. The van der Waals surface area contributed by atoms with Gasteiger partial charge in [0, 0.05) is 31.1 Å². The van der Waals surface area contributed by atoms with Gasteiger partial charge in [-0.25, -0.2) is 0 Å². The predicted molar refractivity (Wildman–Crippen MR) is 121 cm³/mol. The van der Waals surface area contributed by atoms with Gasteiger partial charge in [0.2, 0.25) is 5.91 Å². The molecule has 2 aliphatic carbocycles. The lowest BCUT2D eigenvalue weighted by Gasteiger charge is -2.45. The summed E-state index contributed by atoms with van der Waals surface area (Å²) in [5.74, 6) is 0.893. The van der Waals surface area contributed by atoms with Crippen LogP contribution in [0, 0.1) is 11.8 Å². The van der Waals surface area contributed by atoms with Crippen LogP contribution in [0.1, 0.15) is 81.4 Å². The molecule has 30 heavy (non-hydrogen) atoms. The number of likely N-dealkylation sites (N-methyl/N-ethyl adjacent to an activating group) is 1. The summed E-state index contributed by atoms with van der Waals surface area (Å²) in [6, 6.07) is 7.07. The normalized spacial score (nSPS) is 29.4. The molecular formula is C26H36N2O2. The number of allylic oxidation sites excluding steroid dienone is 2. The van der Waals surface area contributed by atoms with E-state index in [9.17, 15) is 9.90 Å². The van der Waals surface area contributed by atoms with Crippen molar-refractivity contribution in [3.05, 3.63) is 35.4 Å². The lowest BCUT2D eigenvalue weighted by molar-refractivity contribution is -0.138. The van der Waals surface area contributed by atoms with E-state index in [1.165, 1.54) is 60.9 Å². The van der Waals surface area contributed by atoms with E-state index in [0.29, 0.717) is 11.8 Å². The van der Waals surface area contributed by atoms with Crippen molar-refractivity contribution in [2.24, 2.45) is 11.8 Å². The first-order valence-electron chi connectivity index (χ1n) is 12.2. The standard InChI is InChI=1S/C26H36N2O2/c1-27-23-13-12-20(18-8-4-2-5-9-18)16-22(23)25-21(24(27)17-29)14-15-28(25)26(30)19-10-6-3-7-11-19/h8,12-13,16,19,21,24-25,29H,2-7,9-11,14-15,17H2,1H3/t21-,24-,25-/m0/s1. The molecule has 1 N–H and O–H groups in total. The topological polar surface area (TPSA) is 43.8 Å². The Hall–Kier alpha value is -1.81. The molecule has 0 radical (unpaired) electrons. The molecular weight excluding hydrogens is 372 g/mol. The minimum atomic E-state index is 0.0893. The Kier molecular flexibility index (Phi) is 5.61. The number of hydrogen-bond donors (Lipinski definition) is 1. The Morgan fingerprint density at radius 3 is 2.67 bits per heavy atom. The number of rotatable bonds is 3. The summed E-state index contributed by atoms with van der Waals surface area (Å²) in [6.07, 6.45) is 14.1. The molecule has 2 fully saturated rings. The first-order valence-corrected chi connectivity index (χ1v) is 12.2. The second-order valence-corrected chi connectivity index (χ2v) is 9.87. The molecule has 5 rings (SSSR count). The summed E-state index contributed by atoms with van der Waals surface area (Å²) in [5, 5.41) is 10.2. The molecule has 0 bridgehead atoms. The van der Waals surface area contributed by atoms with E-state index in [0.717, 1.165) is 32.2 Å². The van der Waals surface area contributed by atoms with Crippen LogP contribution in [0.25, 0.3) is 5.57 Å². The van der Waals surface area contributed by atoms with Gasteiger partial charge in [0.05, 0.1) is 18.7 Å². The highest BCUT2D eigenvalue weighted by Crippen LogP contribution is 2.50. The van der Waals surface area contributed by atoms with Crippen LogP contribution in [0.15, 0.2) is 24.3 Å². The Morgan fingerprint density at radius 2 is 1.93 bits per heavy atom. The van der Waals surface area contributed by atoms with E-state index in [-0.39, 0.29) is 24.6 Å². The first kappa shape index (κ1) is 20.1. The van der Waals surface area contributed by atoms with Crippen LogP contribution < -0.4 is 4.90 Å². The van der Waals surface area contributed by atoms with Gasteiger partial charge in [0.25, 0.3) is 0 Å². The maximum atomic E-state index is 13.6. The fourth-order valence-corrected chi connectivity index (χ4v) is 6.59. The molecule has 2 aliphatic heterocycles. The molecule has 4 heteroatoms. The minimum absolute atomic E-state index is 0.0893. The third-order valence-corrected chi connectivity index (χ3v) is 8.25. The van der Waals surface area contributed by atoms with E-state index in [4.69, 9.17) is 0 Å². The zero-order chi connectivity index (χ0) is 20.7. The third kappa shape index (κ3) is 3.37. The molecule has 2 heterocycles. The minimum Gasteiger partial charge on any atom is -0.394 e. The second-order valence-electron chi connectivity index (χ2n) is 9.87. The maximum absolute atomic E-state index is 13.6. The van der Waals surface area contributed by atoms with Crippen LogP contribution in [0.3, 0.4) is 0 Å². The highest BCUT2D eigenvalue weighted by molar-refractivity contribution is 5.81. The number of carbonyl (C=O) groups is 1. The summed E-state index contributed by atoms with van der Waals surface area (Å²) in [5.41, 5.74) is 5.30. The van der Waals surface area contributed by atoms with Crippen molar-refractivity contribution >= 4 is 17.2 Å². The number of amides is 1. The van der Waals surface area contributed by atoms with Gasteiger partial charge in [-0.2, -0.15) is 0 Å². The van der Waals surface area contributed by atoms with Gasteiger partial charge in [0.1, 0.15) is 0 Å². The fraction of sp³-hybridized carbons (Fsp3) is 0.654. The number of anilines is 1. The summed E-state index contributed by atoms with van der Waals surface area (Å²) >= 11 is 0. The smallest absolute Gasteiger partial charge is 0.226 e. The van der Waals surface area contributed by atoms with Crippen LogP contribution >= 0.6 is 0 Å². The molecule has 4 nitrogen and oxygen atoms in total. The van der Waals surface area contributed by atoms with Crippen LogP contribution in [0.5, 0.6) is 0 Å². The van der Waals surface area contributed by atoms with E-state index < -0.39 is 0 Å². The third-order valence-electron chi connectivity index (χ3n) is 8.25. The Balaban J connectivity index is 1.53. The number of benzene rings is 1. The molecule has 1 aromatic rings. The highest BCUT2D eigenvalue weighted by atomic mass is 16.3. The fourth-order valence-electron chi connectivity index (χ4n) is 6.59. The summed E-state index contributed by atoms with van der Waals surface area (Å²) in [4.78, 5) is 18.0. The second kappa shape index (κ2) is 8.37. The van der Waals surface area contributed by atoms with Gasteiger partial charge in [-0.3, -0.25) is 4.79 Å². The summed E-state index contributed by atoms with van der Waals surface area (Å²) in [6.45, 7) is 0.983. The van der Waals surface area contributed by atoms with Gasteiger partial charge >= 0.3 is 0 Å². The van der Waals surface area contributed by atoms with Gasteiger partial charge in [-0.05, 0) is 73.8 Å². The number of likely N-dealkylation sites (tertiary alicyclic amines) is 1. The van der Waals surface area contributed by atoms with E-state index in [1.807, 2.05) is 0 Å². The Morgan fingerprint density at radius 1 is 1.10 bits per heavy atom. The molecule has 1 saturated carbocycles. The van der Waals surface area contributed by atoms with E-state index in [1.54, 1.807) is 0 Å². The molecule has 0 unspecified atom stereocenters. The lowest BCUT2D eigenvalue weighted by atomic mass is 9.80. The van der Waals surface area contributed by atoms with Crippen molar-refractivity contribution < 1.29 is 9.90 Å². The quantitative estimate of drug-likeness (QED) is 0.772.